The van der Waals surface area contributed by atoms with E-state index in [2.05, 4.69) is 59.1 Å². The van der Waals surface area contributed by atoms with E-state index in [1.807, 2.05) is 13.8 Å². The van der Waals surface area contributed by atoms with E-state index >= 15 is 0 Å². The van der Waals surface area contributed by atoms with Gasteiger partial charge in [0.25, 0.3) is 5.91 Å². The van der Waals surface area contributed by atoms with Crippen molar-refractivity contribution in [3.05, 3.63) is 59.0 Å². The minimum atomic E-state index is -0.171. The van der Waals surface area contributed by atoms with Gasteiger partial charge in [-0.1, -0.05) is 36.8 Å². The summed E-state index contributed by atoms with van der Waals surface area (Å²) in [5.41, 5.74) is 3.41. The zero-order valence-electron chi connectivity index (χ0n) is 17.3. The molecule has 2 rings (SSSR count). The lowest BCUT2D eigenvalue weighted by Crippen LogP contribution is -2.39. The molecule has 152 valence electrons. The lowest BCUT2D eigenvalue weighted by Gasteiger charge is -2.14. The Bertz CT molecular complexity index is 765. The number of aliphatic imine (C=N–C) groups is 1. The van der Waals surface area contributed by atoms with E-state index in [0.717, 1.165) is 31.0 Å². The molecule has 1 heterocycles. The molecule has 3 N–H and O–H groups in total. The fourth-order valence-corrected chi connectivity index (χ4v) is 2.75. The maximum Gasteiger partial charge on any atom is 0.287 e. The molecule has 1 aromatic heterocycles. The van der Waals surface area contributed by atoms with Gasteiger partial charge in [-0.3, -0.25) is 9.79 Å². The van der Waals surface area contributed by atoms with Gasteiger partial charge in [-0.05, 0) is 38.8 Å². The van der Waals surface area contributed by atoms with Gasteiger partial charge in [0.15, 0.2) is 11.7 Å². The van der Waals surface area contributed by atoms with Crippen molar-refractivity contribution in [1.82, 2.24) is 16.0 Å². The molecular weight excluding hydrogens is 352 g/mol. The summed E-state index contributed by atoms with van der Waals surface area (Å²) in [5.74, 6) is 1.37. The average molecular weight is 385 g/mol. The summed E-state index contributed by atoms with van der Waals surface area (Å²) >= 11 is 0. The van der Waals surface area contributed by atoms with Crippen LogP contribution in [-0.4, -0.2) is 38.0 Å². The van der Waals surface area contributed by atoms with Gasteiger partial charge in [-0.2, -0.15) is 0 Å². The smallest absolute Gasteiger partial charge is 0.287 e. The number of nitrogens with one attached hydrogen (secondary N) is 3. The number of carbonyl (C=O) groups is 1. The lowest BCUT2D eigenvalue weighted by molar-refractivity contribution is 0.0925. The second-order valence-corrected chi connectivity index (χ2v) is 7.00. The van der Waals surface area contributed by atoms with Crippen molar-refractivity contribution in [3.8, 4) is 0 Å². The SMILES string of the molecule is CCNC(=NCC(C)c1ccc(C)cc1)NCCCNC(=O)c1occc1C. The first-order valence-electron chi connectivity index (χ1n) is 9.92. The Morgan fingerprint density at radius 2 is 1.79 bits per heavy atom. The Morgan fingerprint density at radius 3 is 2.43 bits per heavy atom. The highest BCUT2D eigenvalue weighted by atomic mass is 16.3. The van der Waals surface area contributed by atoms with E-state index in [1.54, 1.807) is 6.07 Å². The molecule has 0 aliphatic rings. The number of rotatable bonds is 9. The van der Waals surface area contributed by atoms with Crippen molar-refractivity contribution in [1.29, 1.82) is 0 Å². The number of nitrogens with zero attached hydrogens (tertiary/aromatic N) is 1. The normalized spacial score (nSPS) is 12.5. The number of hydrogen-bond acceptors (Lipinski definition) is 3. The third-order valence-electron chi connectivity index (χ3n) is 4.51. The predicted octanol–water partition coefficient (Wildman–Crippen LogP) is 3.38. The van der Waals surface area contributed by atoms with Crippen molar-refractivity contribution in [2.24, 2.45) is 4.99 Å². The fraction of sp³-hybridized carbons (Fsp3) is 0.455. The Labute approximate surface area is 167 Å². The van der Waals surface area contributed by atoms with Crippen LogP contribution in [0, 0.1) is 13.8 Å². The number of furan rings is 1. The van der Waals surface area contributed by atoms with Crippen LogP contribution in [0.3, 0.4) is 0 Å². The van der Waals surface area contributed by atoms with Gasteiger partial charge >= 0.3 is 0 Å². The molecular formula is C22H32N4O2. The molecule has 2 aromatic rings. The van der Waals surface area contributed by atoms with E-state index < -0.39 is 0 Å². The van der Waals surface area contributed by atoms with E-state index in [-0.39, 0.29) is 5.91 Å². The first-order chi connectivity index (χ1) is 13.5. The standard InChI is InChI=1S/C22H32N4O2/c1-5-23-22(26-15-18(4)19-9-7-16(2)8-10-19)25-13-6-12-24-21(27)20-17(3)11-14-28-20/h7-11,14,18H,5-6,12-13,15H2,1-4H3,(H,24,27)(H2,23,25,26). The highest BCUT2D eigenvalue weighted by molar-refractivity contribution is 5.92. The number of carbonyl (C=O) groups excluding carboxylic acids is 1. The zero-order valence-corrected chi connectivity index (χ0v) is 17.3. The molecule has 0 bridgehead atoms. The number of aryl methyl sites for hydroxylation is 2. The molecule has 0 saturated heterocycles. The minimum absolute atomic E-state index is 0.171. The maximum atomic E-state index is 12.0. The van der Waals surface area contributed by atoms with Crippen LogP contribution in [0.15, 0.2) is 46.0 Å². The van der Waals surface area contributed by atoms with Crippen LogP contribution in [0.2, 0.25) is 0 Å². The molecule has 0 aliphatic heterocycles. The zero-order chi connectivity index (χ0) is 20.4. The molecule has 6 heteroatoms. The summed E-state index contributed by atoms with van der Waals surface area (Å²) in [6.07, 6.45) is 2.33. The second kappa shape index (κ2) is 11.2. The summed E-state index contributed by atoms with van der Waals surface area (Å²) < 4.78 is 5.19. The summed E-state index contributed by atoms with van der Waals surface area (Å²) in [6.45, 7) is 11.0. The molecule has 0 saturated carbocycles. The molecule has 0 fully saturated rings. The van der Waals surface area contributed by atoms with Crippen LogP contribution in [0.4, 0.5) is 0 Å². The van der Waals surface area contributed by atoms with E-state index in [1.165, 1.54) is 17.4 Å². The van der Waals surface area contributed by atoms with Crippen molar-refractivity contribution in [2.75, 3.05) is 26.2 Å². The van der Waals surface area contributed by atoms with Gasteiger partial charge in [0, 0.05) is 37.7 Å². The third-order valence-corrected chi connectivity index (χ3v) is 4.51. The largest absolute Gasteiger partial charge is 0.459 e. The first-order valence-corrected chi connectivity index (χ1v) is 9.92. The summed E-state index contributed by atoms with van der Waals surface area (Å²) in [6, 6.07) is 10.4. The summed E-state index contributed by atoms with van der Waals surface area (Å²) in [5, 5.41) is 9.46. The lowest BCUT2D eigenvalue weighted by atomic mass is 10.0. The van der Waals surface area contributed by atoms with Crippen LogP contribution in [0.1, 0.15) is 53.4 Å². The number of hydrogen-bond donors (Lipinski definition) is 3. The Hall–Kier alpha value is -2.76. The molecule has 28 heavy (non-hydrogen) atoms. The molecule has 0 aliphatic carbocycles. The minimum Gasteiger partial charge on any atom is -0.459 e. The van der Waals surface area contributed by atoms with Crippen molar-refractivity contribution in [3.63, 3.8) is 0 Å². The molecule has 1 atom stereocenters. The Balaban J connectivity index is 1.74. The molecule has 0 radical (unpaired) electrons. The average Bonchev–Trinajstić information content (AvgIpc) is 3.12. The van der Waals surface area contributed by atoms with Crippen molar-refractivity contribution >= 4 is 11.9 Å². The van der Waals surface area contributed by atoms with Gasteiger partial charge < -0.3 is 20.4 Å². The van der Waals surface area contributed by atoms with Crippen LogP contribution in [-0.2, 0) is 0 Å². The van der Waals surface area contributed by atoms with Gasteiger partial charge in [0.05, 0.1) is 6.26 Å². The Kier molecular flexibility index (Phi) is 8.59. The monoisotopic (exact) mass is 384 g/mol. The molecule has 0 spiro atoms. The van der Waals surface area contributed by atoms with Gasteiger partial charge in [-0.25, -0.2) is 0 Å². The highest BCUT2D eigenvalue weighted by Crippen LogP contribution is 2.15. The van der Waals surface area contributed by atoms with Gasteiger partial charge in [0.1, 0.15) is 0 Å². The quantitative estimate of drug-likeness (QED) is 0.352. The van der Waals surface area contributed by atoms with Crippen molar-refractivity contribution in [2.45, 2.75) is 40.0 Å². The van der Waals surface area contributed by atoms with Crippen LogP contribution in [0.25, 0.3) is 0 Å². The number of guanidine groups is 1. The van der Waals surface area contributed by atoms with E-state index in [9.17, 15) is 4.79 Å². The third kappa shape index (κ3) is 6.76. The fourth-order valence-electron chi connectivity index (χ4n) is 2.75. The second-order valence-electron chi connectivity index (χ2n) is 7.00. The topological polar surface area (TPSA) is 78.7 Å². The van der Waals surface area contributed by atoms with E-state index in [0.29, 0.717) is 24.8 Å². The van der Waals surface area contributed by atoms with Crippen LogP contribution >= 0.6 is 0 Å². The first kappa shape index (κ1) is 21.5. The van der Waals surface area contributed by atoms with Gasteiger partial charge in [0.2, 0.25) is 0 Å². The maximum absolute atomic E-state index is 12.0. The molecule has 6 nitrogen and oxygen atoms in total. The summed E-state index contributed by atoms with van der Waals surface area (Å²) in [7, 11) is 0. The van der Waals surface area contributed by atoms with E-state index in [4.69, 9.17) is 4.42 Å². The van der Waals surface area contributed by atoms with Crippen LogP contribution in [0.5, 0.6) is 0 Å². The molecule has 1 unspecified atom stereocenters. The molecule has 1 aromatic carbocycles. The predicted molar refractivity (Wildman–Crippen MR) is 114 cm³/mol. The molecule has 1 amide bonds. The van der Waals surface area contributed by atoms with Gasteiger partial charge in [-0.15, -0.1) is 0 Å². The van der Waals surface area contributed by atoms with Crippen molar-refractivity contribution < 1.29 is 9.21 Å². The number of benzene rings is 1. The highest BCUT2D eigenvalue weighted by Gasteiger charge is 2.11. The number of amides is 1. The summed E-state index contributed by atoms with van der Waals surface area (Å²) in [4.78, 5) is 16.7. The Morgan fingerprint density at radius 1 is 1.07 bits per heavy atom. The van der Waals surface area contributed by atoms with Crippen LogP contribution < -0.4 is 16.0 Å².